The molecule has 0 aromatic rings. The summed E-state index contributed by atoms with van der Waals surface area (Å²) in [6, 6.07) is 0. The summed E-state index contributed by atoms with van der Waals surface area (Å²) in [6.45, 7) is 1.41. The van der Waals surface area contributed by atoms with Crippen LogP contribution in [0.15, 0.2) is 0 Å². The molecule has 0 aliphatic heterocycles. The molecule has 1 atom stereocenters. The van der Waals surface area contributed by atoms with E-state index in [9.17, 15) is 0 Å². The fourth-order valence-corrected chi connectivity index (χ4v) is 0.263. The lowest BCUT2D eigenvalue weighted by molar-refractivity contribution is 0.0442. The summed E-state index contributed by atoms with van der Waals surface area (Å²) in [4.78, 5) is 0. The smallest absolute Gasteiger partial charge is 0.128 e. The predicted molar refractivity (Wildman–Crippen MR) is 32.5 cm³/mol. The molecular formula is C6H10O3. The van der Waals surface area contributed by atoms with Crippen molar-refractivity contribution in [3.8, 4) is 12.0 Å². The zero-order valence-corrected chi connectivity index (χ0v) is 5.29. The van der Waals surface area contributed by atoms with Gasteiger partial charge in [-0.1, -0.05) is 5.92 Å². The molecular weight excluding hydrogens is 120 g/mol. The molecule has 0 fully saturated rings. The van der Waals surface area contributed by atoms with Crippen molar-refractivity contribution in [2.24, 2.45) is 0 Å². The van der Waals surface area contributed by atoms with Gasteiger partial charge in [-0.2, -0.15) is 0 Å². The third-order valence-electron chi connectivity index (χ3n) is 0.661. The molecule has 3 heteroatoms. The lowest BCUT2D eigenvalue weighted by Crippen LogP contribution is -2.17. The zero-order valence-electron chi connectivity index (χ0n) is 5.29. The molecule has 0 spiro atoms. The first kappa shape index (κ1) is 8.28. The number of aliphatic hydroxyl groups is 2. The maximum Gasteiger partial charge on any atom is 0.128 e. The second-order valence-electron chi connectivity index (χ2n) is 1.50. The summed E-state index contributed by atoms with van der Waals surface area (Å²) in [5, 5.41) is 16.9. The number of ether oxygens (including phenoxy) is 1. The summed E-state index contributed by atoms with van der Waals surface area (Å²) >= 11 is 0. The van der Waals surface area contributed by atoms with E-state index in [4.69, 9.17) is 10.2 Å². The molecule has 9 heavy (non-hydrogen) atoms. The second kappa shape index (κ2) is 5.42. The molecule has 0 rings (SSSR count). The van der Waals surface area contributed by atoms with E-state index >= 15 is 0 Å². The highest BCUT2D eigenvalue weighted by atomic mass is 16.5. The Morgan fingerprint density at radius 2 is 2.33 bits per heavy atom. The Morgan fingerprint density at radius 1 is 1.67 bits per heavy atom. The van der Waals surface area contributed by atoms with E-state index in [1.807, 2.05) is 0 Å². The molecule has 0 aliphatic rings. The van der Waals surface area contributed by atoms with E-state index in [2.05, 4.69) is 16.8 Å². The van der Waals surface area contributed by atoms with Crippen molar-refractivity contribution in [2.75, 3.05) is 13.2 Å². The van der Waals surface area contributed by atoms with Crippen LogP contribution in [0.5, 0.6) is 0 Å². The van der Waals surface area contributed by atoms with Gasteiger partial charge in [-0.15, -0.1) is 0 Å². The Kier molecular flexibility index (Phi) is 4.98. The van der Waals surface area contributed by atoms with Crippen LogP contribution in [-0.4, -0.2) is 29.5 Å². The van der Waals surface area contributed by atoms with Crippen LogP contribution in [0.3, 0.4) is 0 Å². The molecule has 0 saturated carbocycles. The van der Waals surface area contributed by atoms with E-state index in [0.29, 0.717) is 0 Å². The van der Waals surface area contributed by atoms with Crippen LogP contribution < -0.4 is 0 Å². The average molecular weight is 130 g/mol. The van der Waals surface area contributed by atoms with Gasteiger partial charge in [0, 0.05) is 6.92 Å². The molecule has 2 N–H and O–H groups in total. The van der Waals surface area contributed by atoms with Crippen molar-refractivity contribution in [2.45, 2.75) is 13.0 Å². The topological polar surface area (TPSA) is 49.7 Å². The van der Waals surface area contributed by atoms with Crippen LogP contribution in [0, 0.1) is 12.0 Å². The zero-order chi connectivity index (χ0) is 7.11. The van der Waals surface area contributed by atoms with Gasteiger partial charge < -0.3 is 14.9 Å². The van der Waals surface area contributed by atoms with Crippen molar-refractivity contribution in [3.05, 3.63) is 0 Å². The minimum Gasteiger partial charge on any atom is -0.444 e. The Bertz CT molecular complexity index is 111. The van der Waals surface area contributed by atoms with Gasteiger partial charge in [0.1, 0.15) is 18.8 Å². The predicted octanol–water partition coefficient (Wildman–Crippen LogP) is -0.663. The van der Waals surface area contributed by atoms with Gasteiger partial charge in [0.2, 0.25) is 0 Å². The van der Waals surface area contributed by atoms with Gasteiger partial charge in [0.15, 0.2) is 0 Å². The number of hydrogen-bond donors (Lipinski definition) is 2. The molecule has 0 aliphatic carbocycles. The van der Waals surface area contributed by atoms with Crippen molar-refractivity contribution in [1.82, 2.24) is 0 Å². The number of aliphatic hydroxyl groups excluding tert-OH is 2. The second-order valence-corrected chi connectivity index (χ2v) is 1.50. The molecule has 0 aromatic carbocycles. The van der Waals surface area contributed by atoms with Gasteiger partial charge in [0.05, 0.1) is 6.61 Å². The van der Waals surface area contributed by atoms with E-state index in [1.165, 1.54) is 0 Å². The van der Waals surface area contributed by atoms with Crippen molar-refractivity contribution in [1.29, 1.82) is 0 Å². The first-order valence-corrected chi connectivity index (χ1v) is 2.63. The maximum absolute atomic E-state index is 8.64. The Balaban J connectivity index is 3.13. The molecule has 52 valence electrons. The minimum atomic E-state index is -0.814. The van der Waals surface area contributed by atoms with E-state index in [1.54, 1.807) is 6.92 Å². The van der Waals surface area contributed by atoms with E-state index < -0.39 is 6.10 Å². The molecule has 0 bridgehead atoms. The highest BCUT2D eigenvalue weighted by Crippen LogP contribution is 1.80. The summed E-state index contributed by atoms with van der Waals surface area (Å²) in [7, 11) is 0. The molecule has 0 amide bonds. The highest BCUT2D eigenvalue weighted by molar-refractivity contribution is 4.85. The van der Waals surface area contributed by atoms with Crippen LogP contribution in [0.2, 0.25) is 0 Å². The van der Waals surface area contributed by atoms with Gasteiger partial charge in [0.25, 0.3) is 0 Å². The minimum absolute atomic E-state index is 0.0668. The molecule has 3 nitrogen and oxygen atoms in total. The highest BCUT2D eigenvalue weighted by Gasteiger charge is 1.98. The Morgan fingerprint density at radius 3 is 2.78 bits per heavy atom. The summed E-state index contributed by atoms with van der Waals surface area (Å²) in [6.07, 6.45) is 1.48. The monoisotopic (exact) mass is 130 g/mol. The summed E-state index contributed by atoms with van der Waals surface area (Å²) in [5.41, 5.74) is 0. The third-order valence-corrected chi connectivity index (χ3v) is 0.661. The number of rotatable bonds is 3. The standard InChI is InChI=1S/C6H10O3/c1-2-3-9-5-6(8)4-7/h6-8H,4-5H2,1H3. The summed E-state index contributed by atoms with van der Waals surface area (Å²) in [5.74, 6) is 2.48. The Labute approximate surface area is 54.3 Å². The Hall–Kier alpha value is -0.720. The maximum atomic E-state index is 8.64. The van der Waals surface area contributed by atoms with Crippen LogP contribution >= 0.6 is 0 Å². The average Bonchev–Trinajstić information content (AvgIpc) is 1.89. The van der Waals surface area contributed by atoms with Crippen LogP contribution in [0.4, 0.5) is 0 Å². The van der Waals surface area contributed by atoms with Crippen molar-refractivity contribution >= 4 is 0 Å². The van der Waals surface area contributed by atoms with Gasteiger partial charge in [-0.05, 0) is 0 Å². The first-order chi connectivity index (χ1) is 4.31. The molecule has 1 unspecified atom stereocenters. The lowest BCUT2D eigenvalue weighted by Gasteiger charge is -2.02. The van der Waals surface area contributed by atoms with Crippen molar-refractivity contribution in [3.63, 3.8) is 0 Å². The van der Waals surface area contributed by atoms with Gasteiger partial charge in [-0.25, -0.2) is 0 Å². The van der Waals surface area contributed by atoms with Crippen LogP contribution in [0.25, 0.3) is 0 Å². The van der Waals surface area contributed by atoms with Gasteiger partial charge >= 0.3 is 0 Å². The molecule has 0 radical (unpaired) electrons. The molecule has 0 saturated heterocycles. The normalized spacial score (nSPS) is 11.4. The SMILES string of the molecule is CC#COCC(O)CO. The van der Waals surface area contributed by atoms with Crippen molar-refractivity contribution < 1.29 is 14.9 Å². The first-order valence-electron chi connectivity index (χ1n) is 2.63. The van der Waals surface area contributed by atoms with E-state index in [-0.39, 0.29) is 13.2 Å². The van der Waals surface area contributed by atoms with E-state index in [0.717, 1.165) is 0 Å². The molecule has 0 aromatic heterocycles. The quantitative estimate of drug-likeness (QED) is 0.498. The lowest BCUT2D eigenvalue weighted by atomic mass is 10.4. The fraction of sp³-hybridized carbons (Fsp3) is 0.667. The third kappa shape index (κ3) is 5.15. The van der Waals surface area contributed by atoms with Crippen LogP contribution in [-0.2, 0) is 4.74 Å². The largest absolute Gasteiger partial charge is 0.444 e. The molecule has 0 heterocycles. The van der Waals surface area contributed by atoms with Gasteiger partial charge in [-0.3, -0.25) is 0 Å². The summed E-state index contributed by atoms with van der Waals surface area (Å²) < 4.78 is 4.56. The fourth-order valence-electron chi connectivity index (χ4n) is 0.263. The number of hydrogen-bond acceptors (Lipinski definition) is 3. The van der Waals surface area contributed by atoms with Crippen LogP contribution in [0.1, 0.15) is 6.92 Å².